The number of hydrogen-bond acceptors (Lipinski definition) is 6. The molecule has 0 aromatic heterocycles. The molecule has 6 rings (SSSR count). The van der Waals surface area contributed by atoms with Gasteiger partial charge in [-0.05, 0) is 56.8 Å². The molecule has 5 unspecified atom stereocenters. The van der Waals surface area contributed by atoms with Gasteiger partial charge < -0.3 is 29.9 Å². The van der Waals surface area contributed by atoms with Crippen LogP contribution in [-0.2, 0) is 19.1 Å². The number of hydrogen-bond donors (Lipinski definition) is 2. The summed E-state index contributed by atoms with van der Waals surface area (Å²) in [5.41, 5.74) is -0.543. The van der Waals surface area contributed by atoms with Crippen LogP contribution in [0.4, 0.5) is 5.69 Å². The van der Waals surface area contributed by atoms with Gasteiger partial charge in [-0.25, -0.2) is 0 Å². The smallest absolute Gasteiger partial charge is 0.246 e. The molecule has 4 heterocycles. The maximum absolute atomic E-state index is 14.3. The average Bonchev–Trinajstić information content (AvgIpc) is 3.52. The normalized spacial score (nSPS) is 34.0. The summed E-state index contributed by atoms with van der Waals surface area (Å²) in [7, 11) is 1.58. The number of nitrogens with zero attached hydrogens (tertiary/aromatic N) is 2. The number of carbonyl (C=O) groups is 3. The number of nitrogens with one attached hydrogen (secondary N) is 2. The Morgan fingerprint density at radius 1 is 1.05 bits per heavy atom. The molecule has 42 heavy (non-hydrogen) atoms. The van der Waals surface area contributed by atoms with E-state index in [0.717, 1.165) is 45.2 Å². The van der Waals surface area contributed by atoms with Crippen LogP contribution in [0.3, 0.4) is 0 Å². The lowest BCUT2D eigenvalue weighted by atomic mass is 9.74. The molecule has 0 radical (unpaired) electrons. The molecule has 3 amide bonds. The standard InChI is InChI=1S/C32H44N4O5.ClH/c1-21-10-5-6-13-24(21)34-30(38)28-32-15-14-25(41-32)26(29(37)33-22-11-9-12-23(20-22)40-2)27(32)31(39)36(28)19-18-35-16-7-3-4-8-17-35;/h9,11-12,14-15,20-21,24-28H,3-8,10,13,16-19H2,1-2H3,(H,33,37)(H,34,38);1H/t21?,24?,25-,26?,27-,28?,32?;/m0./s1. The number of ether oxygens (including phenoxy) is 2. The first-order chi connectivity index (χ1) is 19.9. The van der Waals surface area contributed by atoms with E-state index in [9.17, 15) is 14.4 Å². The second-order valence-corrected chi connectivity index (χ2v) is 12.6. The van der Waals surface area contributed by atoms with E-state index in [1.165, 1.54) is 19.3 Å². The Morgan fingerprint density at radius 3 is 2.55 bits per heavy atom. The molecule has 10 heteroatoms. The van der Waals surface area contributed by atoms with Crippen molar-refractivity contribution in [3.05, 3.63) is 36.4 Å². The van der Waals surface area contributed by atoms with Gasteiger partial charge in [0.1, 0.15) is 17.4 Å². The Morgan fingerprint density at radius 2 is 1.81 bits per heavy atom. The number of likely N-dealkylation sites (tertiary alicyclic amines) is 2. The minimum absolute atomic E-state index is 0. The molecule has 1 saturated carbocycles. The van der Waals surface area contributed by atoms with Crippen LogP contribution in [0, 0.1) is 17.8 Å². The second-order valence-electron chi connectivity index (χ2n) is 12.6. The quantitative estimate of drug-likeness (QED) is 0.441. The van der Waals surface area contributed by atoms with Gasteiger partial charge in [0.05, 0.1) is 25.0 Å². The summed E-state index contributed by atoms with van der Waals surface area (Å²) in [5.74, 6) is -1.03. The lowest BCUT2D eigenvalue weighted by molar-refractivity contribution is -0.141. The van der Waals surface area contributed by atoms with Crippen molar-refractivity contribution in [2.45, 2.75) is 82.1 Å². The van der Waals surface area contributed by atoms with Crippen molar-refractivity contribution in [2.24, 2.45) is 17.8 Å². The third kappa shape index (κ3) is 5.67. The van der Waals surface area contributed by atoms with Gasteiger partial charge in [-0.3, -0.25) is 14.4 Å². The topological polar surface area (TPSA) is 100 Å². The second kappa shape index (κ2) is 12.9. The number of fused-ring (bicyclic) bond motifs is 1. The van der Waals surface area contributed by atoms with E-state index >= 15 is 0 Å². The van der Waals surface area contributed by atoms with Crippen LogP contribution in [-0.4, -0.2) is 84.6 Å². The SMILES string of the molecule is COc1cccc(NC(=O)C2[C@@H]3C=CC4(O3)C(C(=O)NC3CCCCC3C)N(CCN3CCCCCC3)C(=O)[C@H]24)c1.Cl. The summed E-state index contributed by atoms with van der Waals surface area (Å²) in [6.45, 7) is 5.38. The zero-order valence-corrected chi connectivity index (χ0v) is 25.6. The molecule has 2 N–H and O–H groups in total. The highest BCUT2D eigenvalue weighted by molar-refractivity contribution is 6.02. The fourth-order valence-corrected chi connectivity index (χ4v) is 7.84. The Kier molecular flexibility index (Phi) is 9.50. The number of anilines is 1. The minimum atomic E-state index is -1.14. The first kappa shape index (κ1) is 30.8. The van der Waals surface area contributed by atoms with Gasteiger partial charge in [0.15, 0.2) is 0 Å². The third-order valence-electron chi connectivity index (χ3n) is 10.1. The van der Waals surface area contributed by atoms with E-state index in [4.69, 9.17) is 9.47 Å². The largest absolute Gasteiger partial charge is 0.497 e. The molecule has 1 aliphatic carbocycles. The van der Waals surface area contributed by atoms with Gasteiger partial charge in [-0.15, -0.1) is 12.4 Å². The Balaban J connectivity index is 0.00000353. The van der Waals surface area contributed by atoms with Crippen LogP contribution < -0.4 is 15.4 Å². The maximum atomic E-state index is 14.3. The Bertz CT molecular complexity index is 1190. The van der Waals surface area contributed by atoms with Crippen LogP contribution in [0.5, 0.6) is 5.75 Å². The highest BCUT2D eigenvalue weighted by Crippen LogP contribution is 2.55. The van der Waals surface area contributed by atoms with E-state index in [0.29, 0.717) is 30.4 Å². The van der Waals surface area contributed by atoms with Crippen molar-refractivity contribution in [3.63, 3.8) is 0 Å². The van der Waals surface area contributed by atoms with E-state index in [-0.39, 0.29) is 36.2 Å². The van der Waals surface area contributed by atoms with Gasteiger partial charge in [0.25, 0.3) is 0 Å². The van der Waals surface area contributed by atoms with E-state index in [1.54, 1.807) is 24.1 Å². The van der Waals surface area contributed by atoms with E-state index in [2.05, 4.69) is 22.5 Å². The van der Waals surface area contributed by atoms with E-state index < -0.39 is 29.6 Å². The minimum Gasteiger partial charge on any atom is -0.497 e. The van der Waals surface area contributed by atoms with Crippen LogP contribution in [0.1, 0.15) is 58.3 Å². The van der Waals surface area contributed by atoms with Crippen LogP contribution >= 0.6 is 12.4 Å². The fraction of sp³-hybridized carbons (Fsp3) is 0.656. The van der Waals surface area contributed by atoms with Gasteiger partial charge >= 0.3 is 0 Å². The molecule has 1 aromatic rings. The van der Waals surface area contributed by atoms with Gasteiger partial charge in [-0.2, -0.15) is 0 Å². The molecule has 4 fully saturated rings. The molecule has 7 atom stereocenters. The monoisotopic (exact) mass is 600 g/mol. The summed E-state index contributed by atoms with van der Waals surface area (Å²) in [6, 6.07) is 6.47. The predicted octanol–water partition coefficient (Wildman–Crippen LogP) is 3.78. The summed E-state index contributed by atoms with van der Waals surface area (Å²) in [4.78, 5) is 46.3. The lowest BCUT2D eigenvalue weighted by Gasteiger charge is -2.36. The lowest BCUT2D eigenvalue weighted by Crippen LogP contribution is -2.58. The first-order valence-corrected chi connectivity index (χ1v) is 15.6. The molecule has 1 aromatic carbocycles. The molecular weight excluding hydrogens is 556 g/mol. The van der Waals surface area contributed by atoms with Crippen molar-refractivity contribution in [2.75, 3.05) is 38.6 Å². The molecule has 9 nitrogen and oxygen atoms in total. The Labute approximate surface area is 255 Å². The summed E-state index contributed by atoms with van der Waals surface area (Å²) < 4.78 is 11.8. The molecule has 4 aliphatic heterocycles. The molecule has 3 saturated heterocycles. The van der Waals surface area contributed by atoms with Crippen molar-refractivity contribution in [1.82, 2.24) is 15.1 Å². The number of halogens is 1. The highest BCUT2D eigenvalue weighted by Gasteiger charge is 2.72. The molecule has 230 valence electrons. The molecule has 1 spiro atoms. The zero-order valence-electron chi connectivity index (χ0n) is 24.8. The van der Waals surface area contributed by atoms with Crippen LogP contribution in [0.2, 0.25) is 0 Å². The zero-order chi connectivity index (χ0) is 28.6. The maximum Gasteiger partial charge on any atom is 0.246 e. The average molecular weight is 601 g/mol. The number of methoxy groups -OCH3 is 1. The third-order valence-corrected chi connectivity index (χ3v) is 10.1. The van der Waals surface area contributed by atoms with Gasteiger partial charge in [-0.1, -0.05) is 50.8 Å². The van der Waals surface area contributed by atoms with Crippen molar-refractivity contribution in [3.8, 4) is 5.75 Å². The molecule has 5 aliphatic rings. The number of benzene rings is 1. The highest BCUT2D eigenvalue weighted by atomic mass is 35.5. The number of amides is 3. The first-order valence-electron chi connectivity index (χ1n) is 15.6. The molecule has 2 bridgehead atoms. The van der Waals surface area contributed by atoms with Gasteiger partial charge in [0, 0.05) is 30.9 Å². The van der Waals surface area contributed by atoms with Gasteiger partial charge in [0.2, 0.25) is 17.7 Å². The summed E-state index contributed by atoms with van der Waals surface area (Å²) in [5, 5.41) is 6.30. The van der Waals surface area contributed by atoms with Crippen LogP contribution in [0.25, 0.3) is 0 Å². The number of rotatable bonds is 8. The Hall–Kier alpha value is -2.62. The predicted molar refractivity (Wildman–Crippen MR) is 163 cm³/mol. The summed E-state index contributed by atoms with van der Waals surface area (Å²) in [6.07, 6.45) is 12.3. The van der Waals surface area contributed by atoms with Crippen molar-refractivity contribution >= 4 is 35.8 Å². The van der Waals surface area contributed by atoms with Crippen LogP contribution in [0.15, 0.2) is 36.4 Å². The number of carbonyl (C=O) groups excluding carboxylic acids is 3. The molecular formula is C32H45ClN4O5. The fourth-order valence-electron chi connectivity index (χ4n) is 7.84. The van der Waals surface area contributed by atoms with E-state index in [1.807, 2.05) is 24.3 Å². The van der Waals surface area contributed by atoms with Crippen molar-refractivity contribution < 1.29 is 23.9 Å². The summed E-state index contributed by atoms with van der Waals surface area (Å²) >= 11 is 0. The van der Waals surface area contributed by atoms with Crippen molar-refractivity contribution in [1.29, 1.82) is 0 Å².